The van der Waals surface area contributed by atoms with Gasteiger partial charge >= 0.3 is 0 Å². The number of pyridine rings is 1. The normalized spacial score (nSPS) is 20.9. The highest BCUT2D eigenvalue weighted by Crippen LogP contribution is 2.48. The van der Waals surface area contributed by atoms with Crippen LogP contribution in [0.25, 0.3) is 0 Å². The van der Waals surface area contributed by atoms with Gasteiger partial charge in [0.05, 0.1) is 15.8 Å². The molecule has 7 nitrogen and oxygen atoms in total. The molecule has 182 valence electrons. The van der Waals surface area contributed by atoms with Crippen LogP contribution in [0.2, 0.25) is 0 Å². The van der Waals surface area contributed by atoms with Crippen LogP contribution in [0.5, 0.6) is 0 Å². The van der Waals surface area contributed by atoms with Crippen molar-refractivity contribution < 1.29 is 9.18 Å². The molecule has 0 saturated carbocycles. The molecule has 0 saturated heterocycles. The van der Waals surface area contributed by atoms with Crippen LogP contribution in [0.1, 0.15) is 68.2 Å². The van der Waals surface area contributed by atoms with E-state index < -0.39 is 17.3 Å². The molecule has 0 radical (unpaired) electrons. The molecule has 5 N–H and O–H groups in total. The van der Waals surface area contributed by atoms with Gasteiger partial charge in [-0.25, -0.2) is 9.37 Å². The number of thioether (sulfide) groups is 1. The van der Waals surface area contributed by atoms with Crippen molar-refractivity contribution in [3.05, 3.63) is 58.7 Å². The highest BCUT2D eigenvalue weighted by molar-refractivity contribution is 8.02. The Morgan fingerprint density at radius 3 is 2.56 bits per heavy atom. The lowest BCUT2D eigenvalue weighted by molar-refractivity contribution is 0.102. The number of nitrogens with two attached hydrogens (primary N) is 2. The van der Waals surface area contributed by atoms with Crippen LogP contribution in [0.3, 0.4) is 0 Å². The summed E-state index contributed by atoms with van der Waals surface area (Å²) in [5, 5.41) is 11.7. The van der Waals surface area contributed by atoms with E-state index >= 15 is 4.39 Å². The van der Waals surface area contributed by atoms with E-state index in [1.165, 1.54) is 18.3 Å². The van der Waals surface area contributed by atoms with Crippen LogP contribution in [-0.4, -0.2) is 33.3 Å². The van der Waals surface area contributed by atoms with E-state index in [4.69, 9.17) is 21.7 Å². The van der Waals surface area contributed by atoms with Gasteiger partial charge in [-0.15, -0.1) is 11.8 Å². The number of carbonyl (C=O) groups is 1. The maximum Gasteiger partial charge on any atom is 0.274 e. The molecule has 1 aliphatic rings. The van der Waals surface area contributed by atoms with Crippen LogP contribution in [-0.2, 0) is 5.54 Å². The second-order valence-corrected chi connectivity index (χ2v) is 10.3. The zero-order valence-corrected chi connectivity index (χ0v) is 21.4. The number of aromatic nitrogens is 1. The molecule has 1 amide bonds. The van der Waals surface area contributed by atoms with Crippen LogP contribution in [0.15, 0.2) is 35.5 Å². The van der Waals surface area contributed by atoms with Crippen molar-refractivity contribution in [3.63, 3.8) is 0 Å². The van der Waals surface area contributed by atoms with Gasteiger partial charge in [0.15, 0.2) is 0 Å². The SMILES string of the molecule is CC.Cc1cc(C#N)cnc1C(=O)Nc1ccc(F)c([C@@]2(C)N=C(N)C(C)(C)SC2CCN)c1. The Labute approximate surface area is 205 Å². The number of aliphatic imine (C=N–C) groups is 1. The first-order chi connectivity index (χ1) is 16.0. The van der Waals surface area contributed by atoms with E-state index in [0.717, 1.165) is 0 Å². The third-order valence-electron chi connectivity index (χ3n) is 5.65. The second kappa shape index (κ2) is 11.0. The monoisotopic (exact) mass is 484 g/mol. The smallest absolute Gasteiger partial charge is 0.274 e. The van der Waals surface area contributed by atoms with Crippen molar-refractivity contribution in [2.24, 2.45) is 16.5 Å². The molecule has 1 unspecified atom stereocenters. The van der Waals surface area contributed by atoms with Crippen molar-refractivity contribution in [3.8, 4) is 6.07 Å². The Morgan fingerprint density at radius 1 is 1.29 bits per heavy atom. The van der Waals surface area contributed by atoms with Gasteiger partial charge in [-0.2, -0.15) is 5.26 Å². The lowest BCUT2D eigenvalue weighted by Crippen LogP contribution is -2.49. The number of nitrogens with zero attached hydrogens (tertiary/aromatic N) is 3. The fraction of sp³-hybridized carbons (Fsp3) is 0.440. The highest BCUT2D eigenvalue weighted by Gasteiger charge is 2.46. The van der Waals surface area contributed by atoms with Gasteiger partial charge in [0.2, 0.25) is 0 Å². The fourth-order valence-electron chi connectivity index (χ4n) is 3.77. The van der Waals surface area contributed by atoms with Crippen LogP contribution in [0.4, 0.5) is 10.1 Å². The molecule has 0 spiro atoms. The van der Waals surface area contributed by atoms with Gasteiger partial charge < -0.3 is 16.8 Å². The van der Waals surface area contributed by atoms with Gasteiger partial charge in [-0.3, -0.25) is 9.79 Å². The maximum atomic E-state index is 15.0. The first kappa shape index (κ1) is 27.3. The first-order valence-electron chi connectivity index (χ1n) is 11.2. The molecule has 1 aliphatic heterocycles. The number of halogens is 1. The fourth-order valence-corrected chi connectivity index (χ4v) is 5.31. The number of rotatable bonds is 5. The van der Waals surface area contributed by atoms with E-state index in [1.807, 2.05) is 40.7 Å². The molecular formula is C25H33FN6OS. The summed E-state index contributed by atoms with van der Waals surface area (Å²) in [5.74, 6) is -0.447. The predicted octanol–water partition coefficient (Wildman–Crippen LogP) is 4.49. The van der Waals surface area contributed by atoms with Crippen molar-refractivity contribution in [2.75, 3.05) is 11.9 Å². The standard InChI is InChI=1S/C23H27FN6OS.C2H6/c1-13-9-14(11-26)12-28-19(13)20(31)29-15-5-6-17(24)16(10-15)23(4)18(7-8-25)32-22(2,3)21(27)30-23;1-2/h5-6,9-10,12,18H,7-8,25H2,1-4H3,(H2,27,30)(H,29,31);1-2H3/t18?,23-;/m1./s1. The Morgan fingerprint density at radius 2 is 1.97 bits per heavy atom. The van der Waals surface area contributed by atoms with Crippen molar-refractivity contribution >= 4 is 29.2 Å². The molecular weight excluding hydrogens is 451 g/mol. The molecule has 2 aromatic rings. The molecule has 3 rings (SSSR count). The van der Waals surface area contributed by atoms with Gasteiger partial charge in [0.25, 0.3) is 5.91 Å². The molecule has 0 aliphatic carbocycles. The molecule has 2 atom stereocenters. The summed E-state index contributed by atoms with van der Waals surface area (Å²) in [6.45, 7) is 12.0. The number of nitriles is 1. The first-order valence-corrected chi connectivity index (χ1v) is 12.1. The lowest BCUT2D eigenvalue weighted by Gasteiger charge is -2.44. The van der Waals surface area contributed by atoms with Crippen molar-refractivity contribution in [1.29, 1.82) is 5.26 Å². The molecule has 1 aromatic heterocycles. The minimum atomic E-state index is -0.947. The highest BCUT2D eigenvalue weighted by atomic mass is 32.2. The third kappa shape index (κ3) is 5.57. The zero-order valence-electron chi connectivity index (χ0n) is 20.6. The number of amides is 1. The number of benzene rings is 1. The number of amidine groups is 1. The molecule has 34 heavy (non-hydrogen) atoms. The van der Waals surface area contributed by atoms with E-state index in [2.05, 4.69) is 10.3 Å². The average molecular weight is 485 g/mol. The topological polar surface area (TPSA) is 130 Å². The minimum absolute atomic E-state index is 0.0994. The summed E-state index contributed by atoms with van der Waals surface area (Å²) in [4.78, 5) is 21.6. The number of hydrogen-bond acceptors (Lipinski definition) is 7. The van der Waals surface area contributed by atoms with Crippen LogP contribution in [0, 0.1) is 24.1 Å². The van der Waals surface area contributed by atoms with E-state index in [0.29, 0.717) is 41.2 Å². The van der Waals surface area contributed by atoms with Crippen molar-refractivity contribution in [1.82, 2.24) is 4.98 Å². The van der Waals surface area contributed by atoms with E-state index in [9.17, 15) is 4.79 Å². The lowest BCUT2D eigenvalue weighted by atomic mass is 9.85. The molecule has 0 fully saturated rings. The average Bonchev–Trinajstić information content (AvgIpc) is 2.80. The number of nitrogens with one attached hydrogen (secondary N) is 1. The van der Waals surface area contributed by atoms with Crippen LogP contribution >= 0.6 is 11.8 Å². The summed E-state index contributed by atoms with van der Waals surface area (Å²) in [7, 11) is 0. The number of hydrogen-bond donors (Lipinski definition) is 3. The second-order valence-electron chi connectivity index (χ2n) is 8.49. The summed E-state index contributed by atoms with van der Waals surface area (Å²) in [6.07, 6.45) is 1.97. The Kier molecular flexibility index (Phi) is 8.81. The molecule has 9 heteroatoms. The quantitative estimate of drug-likeness (QED) is 0.573. The minimum Gasteiger partial charge on any atom is -0.386 e. The summed E-state index contributed by atoms with van der Waals surface area (Å²) < 4.78 is 14.6. The zero-order chi connectivity index (χ0) is 25.7. The van der Waals surface area contributed by atoms with Gasteiger partial charge in [-0.1, -0.05) is 13.8 Å². The summed E-state index contributed by atoms with van der Waals surface area (Å²) in [6, 6.07) is 7.97. The Hall–Kier alpha value is -2.96. The molecule has 1 aromatic carbocycles. The largest absolute Gasteiger partial charge is 0.386 e. The Balaban J connectivity index is 0.00000199. The van der Waals surface area contributed by atoms with E-state index in [-0.39, 0.29) is 15.7 Å². The number of carbonyl (C=O) groups excluding carboxylic acids is 1. The number of aryl methyl sites for hydroxylation is 1. The molecule has 0 bridgehead atoms. The van der Waals surface area contributed by atoms with Crippen molar-refractivity contribution in [2.45, 2.75) is 63.5 Å². The predicted molar refractivity (Wildman–Crippen MR) is 137 cm³/mol. The van der Waals surface area contributed by atoms with Gasteiger partial charge in [0.1, 0.15) is 23.4 Å². The van der Waals surface area contributed by atoms with Crippen LogP contribution < -0.4 is 16.8 Å². The Bertz CT molecular complexity index is 1130. The third-order valence-corrected chi connectivity index (χ3v) is 7.43. The number of anilines is 1. The summed E-state index contributed by atoms with van der Waals surface area (Å²) >= 11 is 1.63. The maximum absolute atomic E-state index is 15.0. The summed E-state index contributed by atoms with van der Waals surface area (Å²) in [5.41, 5.74) is 13.0. The van der Waals surface area contributed by atoms with E-state index in [1.54, 1.807) is 30.8 Å². The van der Waals surface area contributed by atoms with Gasteiger partial charge in [-0.05, 0) is 70.5 Å². The molecule has 2 heterocycles. The van der Waals surface area contributed by atoms with Gasteiger partial charge in [0, 0.05) is 22.7 Å².